The van der Waals surface area contributed by atoms with E-state index in [4.69, 9.17) is 14.6 Å². The lowest BCUT2D eigenvalue weighted by Gasteiger charge is -2.26. The van der Waals surface area contributed by atoms with Crippen LogP contribution < -0.4 is 14.4 Å². The van der Waals surface area contributed by atoms with Crippen LogP contribution >= 0.6 is 0 Å². The van der Waals surface area contributed by atoms with Gasteiger partial charge in [0.15, 0.2) is 0 Å². The molecule has 2 atom stereocenters. The number of hydrogen-bond donors (Lipinski definition) is 2. The Morgan fingerprint density at radius 3 is 2.49 bits per heavy atom. The van der Waals surface area contributed by atoms with Crippen molar-refractivity contribution in [3.63, 3.8) is 0 Å². The first-order valence-electron chi connectivity index (χ1n) is 11.8. The summed E-state index contributed by atoms with van der Waals surface area (Å²) in [5.74, 6) is -1.72. The molecule has 3 aromatic rings. The number of ketones is 1. The number of benzene rings is 3. The molecule has 3 aromatic carbocycles. The Balaban J connectivity index is 1.67. The third kappa shape index (κ3) is 4.31. The third-order valence-corrected chi connectivity index (χ3v) is 6.62. The van der Waals surface area contributed by atoms with Gasteiger partial charge in [-0.25, -0.2) is 0 Å². The van der Waals surface area contributed by atoms with E-state index in [1.807, 2.05) is 6.92 Å². The van der Waals surface area contributed by atoms with E-state index in [1.54, 1.807) is 66.7 Å². The summed E-state index contributed by atoms with van der Waals surface area (Å²) >= 11 is 0. The molecule has 188 valence electrons. The molecule has 2 aliphatic rings. The first-order valence-corrected chi connectivity index (χ1v) is 11.8. The zero-order valence-corrected chi connectivity index (χ0v) is 20.3. The minimum Gasteiger partial charge on any atom is -0.507 e. The lowest BCUT2D eigenvalue weighted by Crippen LogP contribution is -2.29. The van der Waals surface area contributed by atoms with Gasteiger partial charge in [0.05, 0.1) is 25.1 Å². The van der Waals surface area contributed by atoms with E-state index in [9.17, 15) is 19.5 Å². The van der Waals surface area contributed by atoms with E-state index in [0.717, 1.165) is 11.3 Å². The average molecular weight is 500 g/mol. The van der Waals surface area contributed by atoms with Crippen molar-refractivity contribution in [2.24, 2.45) is 0 Å². The molecule has 0 saturated carbocycles. The number of fused-ring (bicyclic) bond motifs is 1. The number of amides is 1. The summed E-state index contributed by atoms with van der Waals surface area (Å²) in [7, 11) is 1.49. The molecule has 8 nitrogen and oxygen atoms in total. The van der Waals surface area contributed by atoms with E-state index in [1.165, 1.54) is 12.0 Å². The number of rotatable bonds is 6. The van der Waals surface area contributed by atoms with Gasteiger partial charge in [0, 0.05) is 23.2 Å². The molecule has 0 spiro atoms. The normalized spacial score (nSPS) is 20.0. The Labute approximate surface area is 213 Å². The quantitative estimate of drug-likeness (QED) is 0.296. The molecule has 1 saturated heterocycles. The van der Waals surface area contributed by atoms with Crippen molar-refractivity contribution >= 4 is 29.1 Å². The summed E-state index contributed by atoms with van der Waals surface area (Å²) < 4.78 is 11.3. The van der Waals surface area contributed by atoms with Crippen LogP contribution in [0.3, 0.4) is 0 Å². The molecular weight excluding hydrogens is 474 g/mol. The maximum Gasteiger partial charge on any atom is 0.307 e. The van der Waals surface area contributed by atoms with Crippen molar-refractivity contribution in [1.29, 1.82) is 0 Å². The number of nitrogens with zero attached hydrogens (tertiary/aromatic N) is 1. The number of para-hydroxylation sites is 1. The molecule has 0 radical (unpaired) electrons. The molecule has 37 heavy (non-hydrogen) atoms. The number of anilines is 1. The van der Waals surface area contributed by atoms with Gasteiger partial charge in [-0.3, -0.25) is 19.3 Å². The van der Waals surface area contributed by atoms with E-state index < -0.39 is 23.7 Å². The van der Waals surface area contributed by atoms with Crippen molar-refractivity contribution in [2.45, 2.75) is 31.9 Å². The Kier molecular flexibility index (Phi) is 6.17. The molecule has 2 unspecified atom stereocenters. The Hall–Kier alpha value is -4.59. The fourth-order valence-electron chi connectivity index (χ4n) is 4.96. The average Bonchev–Trinajstić information content (AvgIpc) is 3.39. The zero-order chi connectivity index (χ0) is 26.3. The molecule has 1 amide bonds. The number of aliphatic hydroxyl groups excluding tert-OH is 1. The maximum absolute atomic E-state index is 13.4. The number of Topliss-reactive ketones (excluding diaryl/α,β-unsaturated/α-hetero) is 1. The summed E-state index contributed by atoms with van der Waals surface area (Å²) in [6, 6.07) is 17.6. The molecule has 5 rings (SSSR count). The van der Waals surface area contributed by atoms with Crippen LogP contribution in [-0.2, 0) is 27.2 Å². The number of carboxylic acid groups (broad SMARTS) is 1. The largest absolute Gasteiger partial charge is 0.507 e. The van der Waals surface area contributed by atoms with Crippen molar-refractivity contribution in [1.82, 2.24) is 0 Å². The van der Waals surface area contributed by atoms with Crippen LogP contribution in [0, 0.1) is 0 Å². The van der Waals surface area contributed by atoms with Crippen LogP contribution in [-0.4, -0.2) is 41.1 Å². The predicted molar refractivity (Wildman–Crippen MR) is 136 cm³/mol. The van der Waals surface area contributed by atoms with Crippen LogP contribution in [0.2, 0.25) is 0 Å². The standard InChI is InChI=1S/C29H25NO7/c1-16-13-19-15-18(9-12-22(19)37-16)27(33)25-26(21-5-3-4-6-23(21)36-2)30(29(35)28(25)34)20-10-7-17(8-11-20)14-24(31)32/h3-12,15-16,26,33H,13-14H2,1-2H3,(H,31,32)/b27-25+. The lowest BCUT2D eigenvalue weighted by atomic mass is 9.93. The van der Waals surface area contributed by atoms with E-state index in [0.29, 0.717) is 34.5 Å². The summed E-state index contributed by atoms with van der Waals surface area (Å²) in [4.78, 5) is 39.2. The zero-order valence-electron chi connectivity index (χ0n) is 20.3. The topological polar surface area (TPSA) is 113 Å². The Morgan fingerprint density at radius 2 is 1.78 bits per heavy atom. The highest BCUT2D eigenvalue weighted by Crippen LogP contribution is 2.45. The molecule has 2 N–H and O–H groups in total. The van der Waals surface area contributed by atoms with Gasteiger partial charge in [0.1, 0.15) is 23.4 Å². The SMILES string of the molecule is COc1ccccc1C1/C(=C(\O)c2ccc3c(c2)CC(C)O3)C(=O)C(=O)N1c1ccc(CC(=O)O)cc1. The van der Waals surface area contributed by atoms with Crippen molar-refractivity contribution in [3.8, 4) is 11.5 Å². The highest BCUT2D eigenvalue weighted by atomic mass is 16.5. The van der Waals surface area contributed by atoms with Crippen LogP contribution in [0.25, 0.3) is 5.76 Å². The smallest absolute Gasteiger partial charge is 0.307 e. The second kappa shape index (κ2) is 9.46. The second-order valence-electron chi connectivity index (χ2n) is 9.10. The van der Waals surface area contributed by atoms with Gasteiger partial charge in [-0.1, -0.05) is 30.3 Å². The second-order valence-corrected chi connectivity index (χ2v) is 9.10. The molecule has 8 heteroatoms. The summed E-state index contributed by atoms with van der Waals surface area (Å²) in [6.45, 7) is 1.95. The molecule has 0 aliphatic carbocycles. The Bertz CT molecular complexity index is 1440. The molecule has 2 heterocycles. The van der Waals surface area contributed by atoms with Crippen molar-refractivity contribution in [2.75, 3.05) is 12.0 Å². The molecular formula is C29H25NO7. The van der Waals surface area contributed by atoms with Gasteiger partial charge in [-0.15, -0.1) is 0 Å². The van der Waals surface area contributed by atoms with Gasteiger partial charge in [-0.05, 0) is 54.4 Å². The minimum absolute atomic E-state index is 0.00987. The number of aliphatic carboxylic acids is 1. The summed E-state index contributed by atoms with van der Waals surface area (Å²) in [5, 5.41) is 20.5. The van der Waals surface area contributed by atoms with Gasteiger partial charge >= 0.3 is 5.97 Å². The summed E-state index contributed by atoms with van der Waals surface area (Å²) in [6.07, 6.45) is 0.509. The minimum atomic E-state index is -0.976. The van der Waals surface area contributed by atoms with Gasteiger partial charge < -0.3 is 19.7 Å². The van der Waals surface area contributed by atoms with Crippen LogP contribution in [0.15, 0.2) is 72.3 Å². The number of ether oxygens (including phenoxy) is 2. The van der Waals surface area contributed by atoms with Gasteiger partial charge in [-0.2, -0.15) is 0 Å². The number of carboxylic acids is 1. The molecule has 0 aromatic heterocycles. The van der Waals surface area contributed by atoms with Crippen molar-refractivity contribution < 1.29 is 34.1 Å². The number of carbonyl (C=O) groups excluding carboxylic acids is 2. The fraction of sp³-hybridized carbons (Fsp3) is 0.207. The van der Waals surface area contributed by atoms with E-state index >= 15 is 0 Å². The highest BCUT2D eigenvalue weighted by Gasteiger charge is 2.48. The molecule has 2 aliphatic heterocycles. The number of carbonyl (C=O) groups is 3. The van der Waals surface area contributed by atoms with Crippen LogP contribution in [0.5, 0.6) is 11.5 Å². The first kappa shape index (κ1) is 24.1. The van der Waals surface area contributed by atoms with Crippen molar-refractivity contribution in [3.05, 3.63) is 94.6 Å². The predicted octanol–water partition coefficient (Wildman–Crippen LogP) is 4.27. The number of aliphatic hydroxyl groups is 1. The maximum atomic E-state index is 13.4. The fourth-order valence-corrected chi connectivity index (χ4v) is 4.96. The number of hydrogen-bond acceptors (Lipinski definition) is 6. The highest BCUT2D eigenvalue weighted by molar-refractivity contribution is 6.51. The van der Waals surface area contributed by atoms with E-state index in [-0.39, 0.29) is 23.9 Å². The Morgan fingerprint density at radius 1 is 1.05 bits per heavy atom. The van der Waals surface area contributed by atoms with Crippen LogP contribution in [0.1, 0.15) is 35.2 Å². The lowest BCUT2D eigenvalue weighted by molar-refractivity contribution is -0.136. The third-order valence-electron chi connectivity index (χ3n) is 6.62. The molecule has 1 fully saturated rings. The summed E-state index contributed by atoms with van der Waals surface area (Å²) in [5.41, 5.74) is 2.73. The van der Waals surface area contributed by atoms with E-state index in [2.05, 4.69) is 0 Å². The molecule has 0 bridgehead atoms. The van der Waals surface area contributed by atoms with Gasteiger partial charge in [0.25, 0.3) is 11.7 Å². The monoisotopic (exact) mass is 499 g/mol. The number of methoxy groups -OCH3 is 1. The van der Waals surface area contributed by atoms with Crippen LogP contribution in [0.4, 0.5) is 5.69 Å². The van der Waals surface area contributed by atoms with Gasteiger partial charge in [0.2, 0.25) is 0 Å². The first-order chi connectivity index (χ1) is 17.8.